The molecular weight excluding hydrogens is 208 g/mol. The largest absolute Gasteiger partial charge is 0.465 e. The number of methoxy groups -OCH3 is 1. The molecule has 15 heavy (non-hydrogen) atoms. The molecule has 0 atom stereocenters. The lowest BCUT2D eigenvalue weighted by Gasteiger charge is -1.96. The van der Waals surface area contributed by atoms with Crippen LogP contribution in [0.5, 0.6) is 0 Å². The number of ether oxygens (including phenoxy) is 1. The van der Waals surface area contributed by atoms with Crippen molar-refractivity contribution in [2.75, 3.05) is 7.11 Å². The lowest BCUT2D eigenvalue weighted by atomic mass is 10.1. The number of aryl methyl sites for hydroxylation is 1. The summed E-state index contributed by atoms with van der Waals surface area (Å²) in [4.78, 5) is 12.5. The van der Waals surface area contributed by atoms with Crippen LogP contribution in [0.25, 0.3) is 0 Å². The van der Waals surface area contributed by atoms with Gasteiger partial charge in [-0.25, -0.2) is 4.79 Å². The van der Waals surface area contributed by atoms with Crippen LogP contribution in [0, 0.1) is 0 Å². The first-order valence-electron chi connectivity index (χ1n) is 5.43. The normalized spacial score (nSPS) is 10.3. The molecule has 0 spiro atoms. The number of thiophene rings is 1. The van der Waals surface area contributed by atoms with E-state index < -0.39 is 0 Å². The van der Waals surface area contributed by atoms with E-state index in [2.05, 4.69) is 11.7 Å². The van der Waals surface area contributed by atoms with Crippen LogP contribution in [0.1, 0.15) is 47.8 Å². The number of hydrogen-bond donors (Lipinski definition) is 0. The molecule has 0 aliphatic carbocycles. The van der Waals surface area contributed by atoms with Crippen LogP contribution < -0.4 is 0 Å². The zero-order valence-corrected chi connectivity index (χ0v) is 10.2. The Labute approximate surface area is 95.3 Å². The maximum Gasteiger partial charge on any atom is 0.338 e. The Bertz CT molecular complexity index is 304. The Kier molecular flexibility index (Phi) is 5.40. The van der Waals surface area contributed by atoms with Gasteiger partial charge in [0, 0.05) is 10.3 Å². The lowest BCUT2D eigenvalue weighted by molar-refractivity contribution is 0.0601. The van der Waals surface area contributed by atoms with Crippen molar-refractivity contribution in [1.29, 1.82) is 0 Å². The number of carbonyl (C=O) groups is 1. The summed E-state index contributed by atoms with van der Waals surface area (Å²) in [7, 11) is 1.42. The molecule has 1 heterocycles. The van der Waals surface area contributed by atoms with Gasteiger partial charge >= 0.3 is 5.97 Å². The van der Waals surface area contributed by atoms with Crippen molar-refractivity contribution < 1.29 is 9.53 Å². The van der Waals surface area contributed by atoms with E-state index in [0.717, 1.165) is 6.42 Å². The van der Waals surface area contributed by atoms with Crippen molar-refractivity contribution in [1.82, 2.24) is 0 Å². The fraction of sp³-hybridized carbons (Fsp3) is 0.583. The van der Waals surface area contributed by atoms with E-state index in [1.54, 1.807) is 11.3 Å². The van der Waals surface area contributed by atoms with E-state index in [1.165, 1.54) is 37.7 Å². The minimum Gasteiger partial charge on any atom is -0.465 e. The van der Waals surface area contributed by atoms with Crippen molar-refractivity contribution in [3.63, 3.8) is 0 Å². The van der Waals surface area contributed by atoms with Gasteiger partial charge in [0.2, 0.25) is 0 Å². The molecule has 1 aromatic rings. The number of esters is 1. The first kappa shape index (κ1) is 12.2. The van der Waals surface area contributed by atoms with Gasteiger partial charge < -0.3 is 4.74 Å². The van der Waals surface area contributed by atoms with Gasteiger partial charge in [0.15, 0.2) is 0 Å². The van der Waals surface area contributed by atoms with Crippen molar-refractivity contribution >= 4 is 17.3 Å². The molecule has 2 nitrogen and oxygen atoms in total. The van der Waals surface area contributed by atoms with E-state index in [1.807, 2.05) is 11.4 Å². The molecular formula is C12H18O2S. The van der Waals surface area contributed by atoms with Gasteiger partial charge in [0.05, 0.1) is 12.7 Å². The van der Waals surface area contributed by atoms with E-state index in [4.69, 9.17) is 0 Å². The summed E-state index contributed by atoms with van der Waals surface area (Å²) in [6.07, 6.45) is 6.14. The van der Waals surface area contributed by atoms with E-state index >= 15 is 0 Å². The highest BCUT2D eigenvalue weighted by atomic mass is 32.1. The van der Waals surface area contributed by atoms with Crippen LogP contribution in [0.3, 0.4) is 0 Å². The van der Waals surface area contributed by atoms with Crippen LogP contribution in [0.15, 0.2) is 11.4 Å². The fourth-order valence-electron chi connectivity index (χ4n) is 1.46. The molecule has 0 bridgehead atoms. The average Bonchev–Trinajstić information content (AvgIpc) is 2.72. The smallest absolute Gasteiger partial charge is 0.338 e. The van der Waals surface area contributed by atoms with Gasteiger partial charge in [-0.05, 0) is 18.9 Å². The average molecular weight is 226 g/mol. The third kappa shape index (κ3) is 4.04. The second-order valence-corrected chi connectivity index (χ2v) is 4.60. The monoisotopic (exact) mass is 226 g/mol. The predicted molar refractivity (Wildman–Crippen MR) is 63.5 cm³/mol. The molecule has 0 aliphatic rings. The van der Waals surface area contributed by atoms with Gasteiger partial charge in [0.25, 0.3) is 0 Å². The molecule has 0 saturated carbocycles. The highest BCUT2D eigenvalue weighted by Crippen LogP contribution is 2.18. The van der Waals surface area contributed by atoms with Gasteiger partial charge in [-0.3, -0.25) is 0 Å². The minimum absolute atomic E-state index is 0.231. The zero-order chi connectivity index (χ0) is 11.1. The Morgan fingerprint density at radius 3 is 2.87 bits per heavy atom. The third-order valence-corrected chi connectivity index (χ3v) is 3.35. The second kappa shape index (κ2) is 6.62. The highest BCUT2D eigenvalue weighted by molar-refractivity contribution is 7.10. The number of hydrogen-bond acceptors (Lipinski definition) is 3. The molecule has 0 unspecified atom stereocenters. The molecule has 0 aromatic carbocycles. The number of unbranched alkanes of at least 4 members (excludes halogenated alkanes) is 3. The van der Waals surface area contributed by atoms with Crippen LogP contribution in [-0.4, -0.2) is 13.1 Å². The molecule has 0 fully saturated rings. The molecule has 84 valence electrons. The third-order valence-electron chi connectivity index (χ3n) is 2.35. The van der Waals surface area contributed by atoms with Crippen molar-refractivity contribution in [2.24, 2.45) is 0 Å². The predicted octanol–water partition coefficient (Wildman–Crippen LogP) is 3.66. The second-order valence-electron chi connectivity index (χ2n) is 3.60. The molecule has 0 amide bonds. The van der Waals surface area contributed by atoms with E-state index in [9.17, 15) is 4.79 Å². The molecule has 0 aliphatic heterocycles. The summed E-state index contributed by atoms with van der Waals surface area (Å²) >= 11 is 1.65. The zero-order valence-electron chi connectivity index (χ0n) is 9.41. The summed E-state index contributed by atoms with van der Waals surface area (Å²) in [5.74, 6) is -0.231. The van der Waals surface area contributed by atoms with Gasteiger partial charge in [0.1, 0.15) is 0 Å². The van der Waals surface area contributed by atoms with Crippen LogP contribution >= 0.6 is 11.3 Å². The first-order chi connectivity index (χ1) is 7.27. The maximum absolute atomic E-state index is 11.2. The Morgan fingerprint density at radius 2 is 2.20 bits per heavy atom. The Hall–Kier alpha value is -0.830. The summed E-state index contributed by atoms with van der Waals surface area (Å²) < 4.78 is 4.66. The summed E-state index contributed by atoms with van der Waals surface area (Å²) in [5, 5.41) is 1.88. The Balaban J connectivity index is 2.36. The number of carbonyl (C=O) groups excluding carboxylic acids is 1. The van der Waals surface area contributed by atoms with Gasteiger partial charge in [-0.1, -0.05) is 26.2 Å². The van der Waals surface area contributed by atoms with Crippen molar-refractivity contribution in [3.8, 4) is 0 Å². The SMILES string of the molecule is CCCCCCc1cc(C(=O)OC)cs1. The van der Waals surface area contributed by atoms with E-state index in [-0.39, 0.29) is 5.97 Å². The molecule has 0 N–H and O–H groups in total. The maximum atomic E-state index is 11.2. The topological polar surface area (TPSA) is 26.3 Å². The summed E-state index contributed by atoms with van der Waals surface area (Å²) in [6, 6.07) is 1.95. The molecule has 1 aromatic heterocycles. The van der Waals surface area contributed by atoms with Crippen molar-refractivity contribution in [3.05, 3.63) is 21.9 Å². The molecule has 1 rings (SSSR count). The fourth-order valence-corrected chi connectivity index (χ4v) is 2.36. The van der Waals surface area contributed by atoms with Crippen LogP contribution in [-0.2, 0) is 11.2 Å². The van der Waals surface area contributed by atoms with Crippen LogP contribution in [0.4, 0.5) is 0 Å². The van der Waals surface area contributed by atoms with Gasteiger partial charge in [-0.2, -0.15) is 0 Å². The molecule has 0 radical (unpaired) electrons. The lowest BCUT2D eigenvalue weighted by Crippen LogP contribution is -1.98. The van der Waals surface area contributed by atoms with Crippen molar-refractivity contribution in [2.45, 2.75) is 39.0 Å². The number of rotatable bonds is 6. The first-order valence-corrected chi connectivity index (χ1v) is 6.31. The Morgan fingerprint density at radius 1 is 1.40 bits per heavy atom. The highest BCUT2D eigenvalue weighted by Gasteiger charge is 2.07. The summed E-state index contributed by atoms with van der Waals surface area (Å²) in [6.45, 7) is 2.21. The minimum atomic E-state index is -0.231. The van der Waals surface area contributed by atoms with Gasteiger partial charge in [-0.15, -0.1) is 11.3 Å². The quantitative estimate of drug-likeness (QED) is 0.546. The standard InChI is InChI=1S/C12H18O2S/c1-3-4-5-6-7-11-8-10(9-15-11)12(13)14-2/h8-9H,3-7H2,1-2H3. The van der Waals surface area contributed by atoms with E-state index in [0.29, 0.717) is 5.56 Å². The summed E-state index contributed by atoms with van der Waals surface area (Å²) in [5.41, 5.74) is 0.688. The molecule has 0 saturated heterocycles. The molecule has 3 heteroatoms. The van der Waals surface area contributed by atoms with Crippen LogP contribution in [0.2, 0.25) is 0 Å².